The predicted molar refractivity (Wildman–Crippen MR) is 98.8 cm³/mol. The predicted octanol–water partition coefficient (Wildman–Crippen LogP) is 2.67. The average molecular weight is 352 g/mol. The molecule has 1 aromatic heterocycles. The smallest absolute Gasteiger partial charge is 0.255 e. The van der Waals surface area contributed by atoms with Crippen LogP contribution in [0.2, 0.25) is 0 Å². The van der Waals surface area contributed by atoms with E-state index in [0.29, 0.717) is 18.5 Å². The summed E-state index contributed by atoms with van der Waals surface area (Å²) >= 11 is 0. The molecule has 0 radical (unpaired) electrons. The molecule has 1 saturated heterocycles. The van der Waals surface area contributed by atoms with Crippen molar-refractivity contribution in [3.63, 3.8) is 0 Å². The number of nitrogens with zero attached hydrogens (tertiary/aromatic N) is 1. The molecule has 2 fully saturated rings. The molecule has 136 valence electrons. The van der Waals surface area contributed by atoms with Crippen molar-refractivity contribution in [2.24, 2.45) is 5.92 Å². The molecular weight excluding hydrogens is 328 g/mol. The lowest BCUT2D eigenvalue weighted by atomic mass is 9.66. The quantitative estimate of drug-likeness (QED) is 0.873. The van der Waals surface area contributed by atoms with Crippen LogP contribution >= 0.6 is 0 Å². The molecule has 1 aliphatic carbocycles. The standard InChI is InChI=1S/C21H24N2O3/c24-19-11-10-15(14-22-19)20(25)23-13-12-21(26,16-6-2-1-3-7-16)17-8-4-5-9-18(17)23/h1-3,6-7,10-11,14,17-18,26H,4-5,8-9,12-13H2,(H,22,24)/t17-,18+,21-/m0/s1. The summed E-state index contributed by atoms with van der Waals surface area (Å²) < 4.78 is 0. The zero-order valence-corrected chi connectivity index (χ0v) is 14.7. The van der Waals surface area contributed by atoms with E-state index in [2.05, 4.69) is 4.98 Å². The van der Waals surface area contributed by atoms with Crippen LogP contribution < -0.4 is 5.56 Å². The van der Waals surface area contributed by atoms with E-state index in [0.717, 1.165) is 31.2 Å². The van der Waals surface area contributed by atoms with Crippen molar-refractivity contribution in [1.29, 1.82) is 0 Å². The van der Waals surface area contributed by atoms with Gasteiger partial charge >= 0.3 is 0 Å². The summed E-state index contributed by atoms with van der Waals surface area (Å²) in [6.07, 6.45) is 6.01. The summed E-state index contributed by atoms with van der Waals surface area (Å²) in [6, 6.07) is 12.9. The molecule has 2 aromatic rings. The molecule has 5 heteroatoms. The molecular formula is C21H24N2O3. The second-order valence-electron chi connectivity index (χ2n) is 7.44. The molecule has 0 bridgehead atoms. The van der Waals surface area contributed by atoms with Gasteiger partial charge in [0.15, 0.2) is 0 Å². The summed E-state index contributed by atoms with van der Waals surface area (Å²) in [6.45, 7) is 0.518. The number of nitrogens with one attached hydrogen (secondary N) is 1. The van der Waals surface area contributed by atoms with E-state index in [4.69, 9.17) is 0 Å². The topological polar surface area (TPSA) is 73.4 Å². The Morgan fingerprint density at radius 3 is 2.62 bits per heavy atom. The van der Waals surface area contributed by atoms with Crippen LogP contribution in [-0.2, 0) is 5.60 Å². The van der Waals surface area contributed by atoms with Gasteiger partial charge in [0.05, 0.1) is 11.2 Å². The number of rotatable bonds is 2. The first-order chi connectivity index (χ1) is 12.6. The molecule has 1 aliphatic heterocycles. The summed E-state index contributed by atoms with van der Waals surface area (Å²) in [7, 11) is 0. The lowest BCUT2D eigenvalue weighted by Crippen LogP contribution is -2.59. The van der Waals surface area contributed by atoms with Crippen molar-refractivity contribution >= 4 is 5.91 Å². The number of pyridine rings is 1. The molecule has 1 amide bonds. The highest BCUT2D eigenvalue weighted by Crippen LogP contribution is 2.47. The minimum atomic E-state index is -0.881. The van der Waals surface area contributed by atoms with Crippen LogP contribution in [0, 0.1) is 5.92 Å². The van der Waals surface area contributed by atoms with Gasteiger partial charge in [-0.25, -0.2) is 0 Å². The van der Waals surface area contributed by atoms with Crippen LogP contribution in [0.1, 0.15) is 48.0 Å². The lowest BCUT2D eigenvalue weighted by Gasteiger charge is -2.52. The number of fused-ring (bicyclic) bond motifs is 1. The minimum Gasteiger partial charge on any atom is -0.385 e. The molecule has 26 heavy (non-hydrogen) atoms. The largest absolute Gasteiger partial charge is 0.385 e. The van der Waals surface area contributed by atoms with Crippen molar-refractivity contribution in [3.8, 4) is 0 Å². The van der Waals surface area contributed by atoms with Gasteiger partial charge in [-0.15, -0.1) is 0 Å². The number of aromatic nitrogens is 1. The summed E-state index contributed by atoms with van der Waals surface area (Å²) in [4.78, 5) is 28.8. The third-order valence-electron chi connectivity index (χ3n) is 6.04. The molecule has 4 rings (SSSR count). The molecule has 0 spiro atoms. The Kier molecular flexibility index (Phi) is 4.41. The van der Waals surface area contributed by atoms with Gasteiger partial charge in [0.2, 0.25) is 5.56 Å². The Labute approximate surface area is 152 Å². The van der Waals surface area contributed by atoms with E-state index in [1.54, 1.807) is 6.07 Å². The second-order valence-corrected chi connectivity index (χ2v) is 7.44. The number of piperidine rings is 1. The summed E-state index contributed by atoms with van der Waals surface area (Å²) in [5, 5.41) is 11.6. The Hall–Kier alpha value is -2.40. The zero-order chi connectivity index (χ0) is 18.1. The Bertz CT molecular complexity index is 827. The molecule has 0 unspecified atom stereocenters. The number of aromatic amines is 1. The second kappa shape index (κ2) is 6.72. The highest BCUT2D eigenvalue weighted by molar-refractivity contribution is 5.94. The fourth-order valence-electron chi connectivity index (χ4n) is 4.73. The van der Waals surface area contributed by atoms with Crippen LogP contribution in [0.25, 0.3) is 0 Å². The third kappa shape index (κ3) is 2.86. The molecule has 1 aromatic carbocycles. The molecule has 2 heterocycles. The zero-order valence-electron chi connectivity index (χ0n) is 14.7. The van der Waals surface area contributed by atoms with Crippen LogP contribution in [0.3, 0.4) is 0 Å². The molecule has 2 aliphatic rings. The van der Waals surface area contributed by atoms with Crippen molar-refractivity contribution in [2.45, 2.75) is 43.7 Å². The lowest BCUT2D eigenvalue weighted by molar-refractivity contribution is -0.110. The monoisotopic (exact) mass is 352 g/mol. The molecule has 2 N–H and O–H groups in total. The van der Waals surface area contributed by atoms with Gasteiger partial charge in [-0.1, -0.05) is 43.2 Å². The molecule has 3 atom stereocenters. The minimum absolute atomic E-state index is 0.0298. The van der Waals surface area contributed by atoms with Crippen molar-refractivity contribution < 1.29 is 9.90 Å². The first-order valence-electron chi connectivity index (χ1n) is 9.37. The van der Waals surface area contributed by atoms with Crippen molar-refractivity contribution in [3.05, 3.63) is 70.1 Å². The number of likely N-dealkylation sites (tertiary alicyclic amines) is 1. The number of hydrogen-bond donors (Lipinski definition) is 2. The number of amides is 1. The van der Waals surface area contributed by atoms with E-state index >= 15 is 0 Å². The van der Waals surface area contributed by atoms with Gasteiger partial charge < -0.3 is 15.0 Å². The SMILES string of the molecule is O=C(c1ccc(=O)[nH]c1)N1CC[C@](O)(c2ccccc2)[C@H]2CCCC[C@H]21. The fraction of sp³-hybridized carbons (Fsp3) is 0.429. The van der Waals surface area contributed by atoms with Crippen molar-refractivity contribution in [1.82, 2.24) is 9.88 Å². The maximum atomic E-state index is 13.0. The van der Waals surface area contributed by atoms with E-state index in [1.807, 2.05) is 35.2 Å². The van der Waals surface area contributed by atoms with Gasteiger partial charge in [-0.05, 0) is 30.9 Å². The molecule has 5 nitrogen and oxygen atoms in total. The summed E-state index contributed by atoms with van der Waals surface area (Å²) in [5.74, 6) is -0.0210. The van der Waals surface area contributed by atoms with Gasteiger partial charge in [-0.2, -0.15) is 0 Å². The van der Waals surface area contributed by atoms with E-state index in [9.17, 15) is 14.7 Å². The first kappa shape index (κ1) is 17.0. The van der Waals surface area contributed by atoms with Gasteiger partial charge in [0.25, 0.3) is 5.91 Å². The van der Waals surface area contributed by atoms with Crippen LogP contribution in [0.5, 0.6) is 0 Å². The number of benzene rings is 1. The van der Waals surface area contributed by atoms with Crippen LogP contribution in [0.15, 0.2) is 53.5 Å². The maximum absolute atomic E-state index is 13.0. The highest BCUT2D eigenvalue weighted by Gasteiger charge is 2.50. The number of H-pyrrole nitrogens is 1. The normalized spacial score (nSPS) is 28.4. The number of carbonyl (C=O) groups is 1. The van der Waals surface area contributed by atoms with Crippen LogP contribution in [-0.4, -0.2) is 33.5 Å². The van der Waals surface area contributed by atoms with E-state index in [1.165, 1.54) is 12.3 Å². The van der Waals surface area contributed by atoms with Gasteiger partial charge in [-0.3, -0.25) is 9.59 Å². The Morgan fingerprint density at radius 2 is 1.88 bits per heavy atom. The van der Waals surface area contributed by atoms with Gasteiger partial charge in [0.1, 0.15) is 0 Å². The van der Waals surface area contributed by atoms with E-state index < -0.39 is 5.60 Å². The third-order valence-corrected chi connectivity index (χ3v) is 6.04. The fourth-order valence-corrected chi connectivity index (χ4v) is 4.73. The first-order valence-corrected chi connectivity index (χ1v) is 9.37. The highest BCUT2D eigenvalue weighted by atomic mass is 16.3. The summed E-state index contributed by atoms with van der Waals surface area (Å²) in [5.41, 5.74) is 0.356. The Balaban J connectivity index is 1.65. The average Bonchev–Trinajstić information content (AvgIpc) is 2.69. The number of hydrogen-bond acceptors (Lipinski definition) is 3. The number of carbonyl (C=O) groups excluding carboxylic acids is 1. The van der Waals surface area contributed by atoms with Crippen molar-refractivity contribution in [2.75, 3.05) is 6.54 Å². The van der Waals surface area contributed by atoms with E-state index in [-0.39, 0.29) is 23.4 Å². The van der Waals surface area contributed by atoms with Crippen LogP contribution in [0.4, 0.5) is 0 Å². The maximum Gasteiger partial charge on any atom is 0.255 e. The Morgan fingerprint density at radius 1 is 1.12 bits per heavy atom. The van der Waals surface area contributed by atoms with Gasteiger partial charge in [0, 0.05) is 30.8 Å². The number of aliphatic hydroxyl groups is 1. The molecule has 1 saturated carbocycles.